The van der Waals surface area contributed by atoms with E-state index in [1.807, 2.05) is 0 Å². The average Bonchev–Trinajstić information content (AvgIpc) is 2.80. The lowest BCUT2D eigenvalue weighted by Crippen LogP contribution is -2.14. The highest BCUT2D eigenvalue weighted by Crippen LogP contribution is 2.33. The first kappa shape index (κ1) is 13.8. The molecule has 0 aliphatic rings. The SMILES string of the molecule is Cc1nnc(Sc2ccc(/C(N)=N/O)c(Br)c2F)o1. The molecule has 9 heteroatoms. The molecule has 0 aliphatic heterocycles. The van der Waals surface area contributed by atoms with Crippen LogP contribution in [0.4, 0.5) is 4.39 Å². The Morgan fingerprint density at radius 3 is 2.84 bits per heavy atom. The fourth-order valence-corrected chi connectivity index (χ4v) is 2.72. The van der Waals surface area contributed by atoms with Crippen LogP contribution < -0.4 is 5.73 Å². The maximum absolute atomic E-state index is 14.1. The highest BCUT2D eigenvalue weighted by Gasteiger charge is 2.16. The summed E-state index contributed by atoms with van der Waals surface area (Å²) >= 11 is 4.05. The lowest BCUT2D eigenvalue weighted by Gasteiger charge is -2.06. The number of oxime groups is 1. The third-order valence-electron chi connectivity index (χ3n) is 2.14. The fourth-order valence-electron chi connectivity index (χ4n) is 1.28. The number of aryl methyl sites for hydroxylation is 1. The minimum atomic E-state index is -0.551. The number of nitrogens with zero attached hydrogens (tertiary/aromatic N) is 3. The minimum Gasteiger partial charge on any atom is -0.416 e. The van der Waals surface area contributed by atoms with Crippen molar-refractivity contribution < 1.29 is 14.0 Å². The monoisotopic (exact) mass is 346 g/mol. The first-order valence-corrected chi connectivity index (χ1v) is 6.57. The first-order chi connectivity index (χ1) is 9.02. The summed E-state index contributed by atoms with van der Waals surface area (Å²) in [6, 6.07) is 3.01. The molecule has 1 aromatic carbocycles. The van der Waals surface area contributed by atoms with Crippen LogP contribution in [0.5, 0.6) is 0 Å². The van der Waals surface area contributed by atoms with Crippen molar-refractivity contribution in [3.8, 4) is 0 Å². The molecule has 0 spiro atoms. The van der Waals surface area contributed by atoms with Crippen LogP contribution in [0.3, 0.4) is 0 Å². The van der Waals surface area contributed by atoms with Crippen molar-refractivity contribution in [2.75, 3.05) is 0 Å². The largest absolute Gasteiger partial charge is 0.416 e. The first-order valence-electron chi connectivity index (χ1n) is 4.96. The molecule has 0 fully saturated rings. The smallest absolute Gasteiger partial charge is 0.281 e. The molecular formula is C10H8BrFN4O2S. The Bertz CT molecular complexity index is 646. The zero-order valence-electron chi connectivity index (χ0n) is 9.59. The number of nitrogens with two attached hydrogens (primary N) is 1. The molecule has 0 bridgehead atoms. The second-order valence-corrected chi connectivity index (χ2v) is 5.20. The summed E-state index contributed by atoms with van der Waals surface area (Å²) in [6.45, 7) is 1.64. The summed E-state index contributed by atoms with van der Waals surface area (Å²) in [5, 5.41) is 19.1. The van der Waals surface area contributed by atoms with Gasteiger partial charge in [-0.15, -0.1) is 10.2 Å². The van der Waals surface area contributed by atoms with E-state index in [1.165, 1.54) is 12.1 Å². The number of aromatic nitrogens is 2. The van der Waals surface area contributed by atoms with Crippen LogP contribution in [0.1, 0.15) is 11.5 Å². The third kappa shape index (κ3) is 2.87. The van der Waals surface area contributed by atoms with Gasteiger partial charge in [-0.25, -0.2) is 4.39 Å². The van der Waals surface area contributed by atoms with Gasteiger partial charge in [-0.1, -0.05) is 5.16 Å². The van der Waals surface area contributed by atoms with E-state index in [1.54, 1.807) is 6.92 Å². The lowest BCUT2D eigenvalue weighted by molar-refractivity contribution is 0.318. The number of halogens is 2. The zero-order chi connectivity index (χ0) is 14.0. The fraction of sp³-hybridized carbons (Fsp3) is 0.100. The molecule has 0 saturated carbocycles. The molecular weight excluding hydrogens is 339 g/mol. The molecule has 0 atom stereocenters. The molecule has 2 rings (SSSR count). The van der Waals surface area contributed by atoms with Gasteiger partial charge in [0.2, 0.25) is 5.89 Å². The molecule has 6 nitrogen and oxygen atoms in total. The lowest BCUT2D eigenvalue weighted by atomic mass is 10.2. The Hall–Kier alpha value is -1.61. The summed E-state index contributed by atoms with van der Waals surface area (Å²) < 4.78 is 19.4. The molecule has 3 N–H and O–H groups in total. The molecule has 0 amide bonds. The van der Waals surface area contributed by atoms with Crippen LogP contribution in [-0.2, 0) is 0 Å². The van der Waals surface area contributed by atoms with Gasteiger partial charge in [-0.2, -0.15) is 0 Å². The van der Waals surface area contributed by atoms with Crippen LogP contribution >= 0.6 is 27.7 Å². The van der Waals surface area contributed by atoms with Crippen LogP contribution in [0.25, 0.3) is 0 Å². The number of hydrogen-bond acceptors (Lipinski definition) is 6. The van der Waals surface area contributed by atoms with E-state index in [0.29, 0.717) is 5.89 Å². The highest BCUT2D eigenvalue weighted by molar-refractivity contribution is 9.10. The quantitative estimate of drug-likeness (QED) is 0.383. The predicted molar refractivity (Wildman–Crippen MR) is 69.8 cm³/mol. The Kier molecular flexibility index (Phi) is 4.05. The van der Waals surface area contributed by atoms with Crippen molar-refractivity contribution in [2.24, 2.45) is 10.9 Å². The van der Waals surface area contributed by atoms with Crippen LogP contribution in [-0.4, -0.2) is 21.2 Å². The van der Waals surface area contributed by atoms with Gasteiger partial charge in [0, 0.05) is 12.5 Å². The normalized spacial score (nSPS) is 11.8. The van der Waals surface area contributed by atoms with Gasteiger partial charge in [0.15, 0.2) is 11.7 Å². The van der Waals surface area contributed by atoms with Gasteiger partial charge < -0.3 is 15.4 Å². The van der Waals surface area contributed by atoms with E-state index >= 15 is 0 Å². The summed E-state index contributed by atoms with van der Waals surface area (Å²) in [6.07, 6.45) is 0. The minimum absolute atomic E-state index is 0.101. The Morgan fingerprint density at radius 1 is 1.53 bits per heavy atom. The topological polar surface area (TPSA) is 97.5 Å². The molecule has 0 radical (unpaired) electrons. The highest BCUT2D eigenvalue weighted by atomic mass is 79.9. The third-order valence-corrected chi connectivity index (χ3v) is 3.79. The maximum Gasteiger partial charge on any atom is 0.281 e. The van der Waals surface area contributed by atoms with Crippen LogP contribution in [0.2, 0.25) is 0 Å². The second-order valence-electron chi connectivity index (χ2n) is 3.41. The molecule has 100 valence electrons. The predicted octanol–water partition coefficient (Wildman–Crippen LogP) is 2.53. The van der Waals surface area contributed by atoms with Gasteiger partial charge in [-0.3, -0.25) is 0 Å². The van der Waals surface area contributed by atoms with Crippen molar-refractivity contribution in [3.05, 3.63) is 33.9 Å². The summed E-state index contributed by atoms with van der Waals surface area (Å²) in [5.41, 5.74) is 5.68. The molecule has 0 aliphatic carbocycles. The summed E-state index contributed by atoms with van der Waals surface area (Å²) in [4.78, 5) is 0.282. The molecule has 2 aromatic rings. The van der Waals surface area contributed by atoms with E-state index in [2.05, 4.69) is 31.3 Å². The summed E-state index contributed by atoms with van der Waals surface area (Å²) in [7, 11) is 0. The van der Waals surface area contributed by atoms with Crippen molar-refractivity contribution >= 4 is 33.5 Å². The average molecular weight is 347 g/mol. The molecule has 1 heterocycles. The van der Waals surface area contributed by atoms with Crippen LogP contribution in [0.15, 0.2) is 36.3 Å². The Labute approximate surface area is 120 Å². The van der Waals surface area contributed by atoms with Crippen molar-refractivity contribution in [1.29, 1.82) is 0 Å². The maximum atomic E-state index is 14.1. The van der Waals surface area contributed by atoms with Crippen molar-refractivity contribution in [2.45, 2.75) is 17.0 Å². The van der Waals surface area contributed by atoms with E-state index in [-0.39, 0.29) is 26.0 Å². The number of rotatable bonds is 3. The van der Waals surface area contributed by atoms with Gasteiger partial charge >= 0.3 is 0 Å². The number of benzene rings is 1. The number of hydrogen-bond donors (Lipinski definition) is 2. The second kappa shape index (κ2) is 5.57. The van der Waals surface area contributed by atoms with Gasteiger partial charge in [0.1, 0.15) is 0 Å². The van der Waals surface area contributed by atoms with Gasteiger partial charge in [-0.05, 0) is 39.8 Å². The zero-order valence-corrected chi connectivity index (χ0v) is 12.0. The number of amidine groups is 1. The Morgan fingerprint density at radius 2 is 2.26 bits per heavy atom. The molecule has 0 unspecified atom stereocenters. The Balaban J connectivity index is 2.36. The van der Waals surface area contributed by atoms with Gasteiger partial charge in [0.25, 0.3) is 5.22 Å². The van der Waals surface area contributed by atoms with Gasteiger partial charge in [0.05, 0.1) is 9.37 Å². The standard InChI is InChI=1S/C10H8BrFN4O2S/c1-4-14-15-10(18-4)19-6-3-2-5(9(13)16-17)7(11)8(6)12/h2-3,17H,1H3,(H2,13,16). The molecule has 1 aromatic heterocycles. The van der Waals surface area contributed by atoms with Crippen molar-refractivity contribution in [1.82, 2.24) is 10.2 Å². The summed E-state index contributed by atoms with van der Waals surface area (Å²) in [5.74, 6) is -0.337. The van der Waals surface area contributed by atoms with E-state index in [9.17, 15) is 4.39 Å². The van der Waals surface area contributed by atoms with E-state index in [4.69, 9.17) is 15.4 Å². The van der Waals surface area contributed by atoms with Crippen LogP contribution in [0, 0.1) is 12.7 Å². The molecule has 19 heavy (non-hydrogen) atoms. The molecule has 0 saturated heterocycles. The van der Waals surface area contributed by atoms with Crippen molar-refractivity contribution in [3.63, 3.8) is 0 Å². The van der Waals surface area contributed by atoms with E-state index in [0.717, 1.165) is 11.8 Å². The van der Waals surface area contributed by atoms with E-state index < -0.39 is 5.82 Å².